The first-order chi connectivity index (χ1) is 15.7. The molecule has 5 nitrogen and oxygen atoms in total. The van der Waals surface area contributed by atoms with Crippen LogP contribution in [0.3, 0.4) is 0 Å². The fraction of sp³-hybridized carbons (Fsp3) is 0.333. The van der Waals surface area contributed by atoms with Crippen molar-refractivity contribution in [1.29, 1.82) is 0 Å². The molecule has 0 radical (unpaired) electrons. The maximum absolute atomic E-state index is 12.7. The van der Waals surface area contributed by atoms with Crippen molar-refractivity contribution < 1.29 is 17.9 Å². The number of hydrogen-bond donors (Lipinski definition) is 2. The van der Waals surface area contributed by atoms with Crippen molar-refractivity contribution in [3.8, 4) is 17.0 Å². The fourth-order valence-corrected chi connectivity index (χ4v) is 4.39. The summed E-state index contributed by atoms with van der Waals surface area (Å²) in [5.41, 5.74) is 2.89. The van der Waals surface area contributed by atoms with Gasteiger partial charge in [0.2, 0.25) is 5.95 Å². The minimum absolute atomic E-state index is 0.274. The van der Waals surface area contributed by atoms with Crippen molar-refractivity contribution in [2.24, 2.45) is 0 Å². The Hall–Kier alpha value is -2.81. The summed E-state index contributed by atoms with van der Waals surface area (Å²) in [5, 5.41) is 6.73. The summed E-state index contributed by atoms with van der Waals surface area (Å²) in [6, 6.07) is 13.7. The highest BCUT2D eigenvalue weighted by Crippen LogP contribution is 2.31. The van der Waals surface area contributed by atoms with Gasteiger partial charge < -0.3 is 15.4 Å². The number of aryl methyl sites for hydroxylation is 1. The molecule has 174 valence electrons. The van der Waals surface area contributed by atoms with Crippen molar-refractivity contribution >= 4 is 33.4 Å². The van der Waals surface area contributed by atoms with Gasteiger partial charge in [0.25, 0.3) is 0 Å². The number of hydrogen-bond acceptors (Lipinski definition) is 5. The standard InChI is InChI=1S/C24H24BrF3N4O/c1-15-12-17(25)10-11-20(15)30-22-14-21(16-6-5-9-19(13-16)33-24(26,27)28)31-23(32-22)29-18-7-3-2-4-8-18/h5-6,9-14,18H,2-4,7-8H2,1H3,(H2,29,30,31,32). The SMILES string of the molecule is Cc1cc(Br)ccc1Nc1cc(-c2cccc(OC(F)(F)F)c2)nc(NC2CCCCC2)n1. The van der Waals surface area contributed by atoms with Crippen molar-refractivity contribution in [3.05, 3.63) is 58.6 Å². The van der Waals surface area contributed by atoms with Gasteiger partial charge in [0, 0.05) is 27.8 Å². The van der Waals surface area contributed by atoms with Crippen molar-refractivity contribution in [3.63, 3.8) is 0 Å². The van der Waals surface area contributed by atoms with Crippen molar-refractivity contribution in [1.82, 2.24) is 9.97 Å². The smallest absolute Gasteiger partial charge is 0.406 e. The van der Waals surface area contributed by atoms with E-state index < -0.39 is 6.36 Å². The monoisotopic (exact) mass is 520 g/mol. The van der Waals surface area contributed by atoms with Gasteiger partial charge in [-0.1, -0.05) is 47.3 Å². The predicted octanol–water partition coefficient (Wildman–Crippen LogP) is 7.60. The van der Waals surface area contributed by atoms with E-state index in [1.54, 1.807) is 12.1 Å². The van der Waals surface area contributed by atoms with E-state index >= 15 is 0 Å². The maximum Gasteiger partial charge on any atom is 0.573 e. The lowest BCUT2D eigenvalue weighted by Crippen LogP contribution is -2.23. The second-order valence-corrected chi connectivity index (χ2v) is 9.02. The third-order valence-electron chi connectivity index (χ3n) is 5.48. The Morgan fingerprint density at radius 2 is 1.79 bits per heavy atom. The normalized spacial score (nSPS) is 14.7. The van der Waals surface area contributed by atoms with E-state index in [4.69, 9.17) is 0 Å². The van der Waals surface area contributed by atoms with Crippen molar-refractivity contribution in [2.75, 3.05) is 10.6 Å². The molecule has 1 aliphatic carbocycles. The highest BCUT2D eigenvalue weighted by Gasteiger charge is 2.31. The Labute approximate surface area is 198 Å². The quantitative estimate of drug-likeness (QED) is 0.350. The Kier molecular flexibility index (Phi) is 7.07. The molecule has 0 saturated heterocycles. The van der Waals surface area contributed by atoms with Gasteiger partial charge in [-0.25, -0.2) is 4.98 Å². The Morgan fingerprint density at radius 3 is 2.52 bits per heavy atom. The Morgan fingerprint density at radius 1 is 1.00 bits per heavy atom. The molecule has 33 heavy (non-hydrogen) atoms. The topological polar surface area (TPSA) is 59.1 Å². The first-order valence-corrected chi connectivity index (χ1v) is 11.6. The molecule has 0 unspecified atom stereocenters. The van der Waals surface area contributed by atoms with Crippen LogP contribution in [-0.2, 0) is 0 Å². The molecule has 1 aromatic heterocycles. The lowest BCUT2D eigenvalue weighted by molar-refractivity contribution is -0.274. The van der Waals surface area contributed by atoms with E-state index in [2.05, 4.69) is 41.3 Å². The summed E-state index contributed by atoms with van der Waals surface area (Å²) in [7, 11) is 0. The zero-order valence-electron chi connectivity index (χ0n) is 18.0. The second kappa shape index (κ2) is 9.99. The molecule has 2 aromatic carbocycles. The molecule has 1 aliphatic rings. The lowest BCUT2D eigenvalue weighted by Gasteiger charge is -2.23. The third-order valence-corrected chi connectivity index (χ3v) is 5.97. The second-order valence-electron chi connectivity index (χ2n) is 8.10. The fourth-order valence-electron chi connectivity index (χ4n) is 3.91. The van der Waals surface area contributed by atoms with Crippen LogP contribution in [0.25, 0.3) is 11.3 Å². The number of rotatable bonds is 6. The van der Waals surface area contributed by atoms with Gasteiger partial charge in [0.1, 0.15) is 11.6 Å². The predicted molar refractivity (Wildman–Crippen MR) is 127 cm³/mol. The number of nitrogens with one attached hydrogen (secondary N) is 2. The molecular weight excluding hydrogens is 497 g/mol. The number of halogens is 4. The van der Waals surface area contributed by atoms with Crippen LogP contribution in [0, 0.1) is 6.92 Å². The molecule has 1 fully saturated rings. The summed E-state index contributed by atoms with van der Waals surface area (Å²) in [6.07, 6.45) is 0.841. The van der Waals surface area contributed by atoms with Gasteiger partial charge in [-0.05, 0) is 55.7 Å². The van der Waals surface area contributed by atoms with Crippen LogP contribution < -0.4 is 15.4 Å². The van der Waals surface area contributed by atoms with E-state index in [0.717, 1.165) is 41.4 Å². The average Bonchev–Trinajstić information content (AvgIpc) is 2.75. The summed E-state index contributed by atoms with van der Waals surface area (Å²) >= 11 is 3.46. The molecule has 4 rings (SSSR count). The lowest BCUT2D eigenvalue weighted by atomic mass is 9.96. The molecule has 0 amide bonds. The molecule has 0 spiro atoms. The average molecular weight is 521 g/mol. The first kappa shape index (κ1) is 23.4. The van der Waals surface area contributed by atoms with Gasteiger partial charge in [-0.2, -0.15) is 4.98 Å². The highest BCUT2D eigenvalue weighted by atomic mass is 79.9. The summed E-state index contributed by atoms with van der Waals surface area (Å²) < 4.78 is 43.2. The van der Waals surface area contributed by atoms with Crippen LogP contribution in [0.4, 0.5) is 30.6 Å². The van der Waals surface area contributed by atoms with E-state index in [1.165, 1.54) is 24.6 Å². The first-order valence-electron chi connectivity index (χ1n) is 10.8. The number of aromatic nitrogens is 2. The molecule has 9 heteroatoms. The van der Waals surface area contributed by atoms with E-state index in [9.17, 15) is 13.2 Å². The Balaban J connectivity index is 1.68. The number of alkyl halides is 3. The number of ether oxygens (including phenoxy) is 1. The van der Waals surface area contributed by atoms with Crippen LogP contribution in [0.2, 0.25) is 0 Å². The van der Waals surface area contributed by atoms with Gasteiger partial charge in [-0.15, -0.1) is 13.2 Å². The molecule has 2 N–H and O–H groups in total. The van der Waals surface area contributed by atoms with E-state index in [1.807, 2.05) is 25.1 Å². The molecule has 1 saturated carbocycles. The molecule has 0 bridgehead atoms. The van der Waals surface area contributed by atoms with Crippen LogP contribution in [0.1, 0.15) is 37.7 Å². The molecule has 3 aromatic rings. The van der Waals surface area contributed by atoms with E-state index in [-0.39, 0.29) is 11.8 Å². The largest absolute Gasteiger partial charge is 0.573 e. The van der Waals surface area contributed by atoms with Gasteiger partial charge >= 0.3 is 6.36 Å². The van der Waals surface area contributed by atoms with Crippen molar-refractivity contribution in [2.45, 2.75) is 51.4 Å². The summed E-state index contributed by atoms with van der Waals surface area (Å²) in [4.78, 5) is 9.24. The third kappa shape index (κ3) is 6.60. The Bertz CT molecular complexity index is 1120. The highest BCUT2D eigenvalue weighted by molar-refractivity contribution is 9.10. The van der Waals surface area contributed by atoms with Crippen LogP contribution in [-0.4, -0.2) is 22.4 Å². The minimum atomic E-state index is -4.76. The van der Waals surface area contributed by atoms with Gasteiger partial charge in [-0.3, -0.25) is 0 Å². The zero-order valence-corrected chi connectivity index (χ0v) is 19.6. The van der Waals surface area contributed by atoms with Gasteiger partial charge in [0.15, 0.2) is 0 Å². The van der Waals surface area contributed by atoms with Crippen LogP contribution >= 0.6 is 15.9 Å². The maximum atomic E-state index is 12.7. The summed E-state index contributed by atoms with van der Waals surface area (Å²) in [5.74, 6) is 0.698. The molecule has 0 aliphatic heterocycles. The van der Waals surface area contributed by atoms with E-state index in [0.29, 0.717) is 23.0 Å². The summed E-state index contributed by atoms with van der Waals surface area (Å²) in [6.45, 7) is 1.98. The van der Waals surface area contributed by atoms with Crippen LogP contribution in [0.15, 0.2) is 53.0 Å². The molecule has 1 heterocycles. The van der Waals surface area contributed by atoms with Gasteiger partial charge in [0.05, 0.1) is 5.69 Å². The minimum Gasteiger partial charge on any atom is -0.406 e. The zero-order chi connectivity index (χ0) is 23.4. The number of benzene rings is 2. The molecular formula is C24H24BrF3N4O. The number of anilines is 3. The molecule has 0 atom stereocenters. The van der Waals surface area contributed by atoms with Crippen LogP contribution in [0.5, 0.6) is 5.75 Å². The number of nitrogens with zero attached hydrogens (tertiary/aromatic N) is 2.